The number of anilines is 2. The molecule has 0 amide bonds. The smallest absolute Gasteiger partial charge is 0.258 e. The Kier molecular flexibility index (Phi) is 5.77. The maximum Gasteiger partial charge on any atom is 0.258 e. The second kappa shape index (κ2) is 8.22. The van der Waals surface area contributed by atoms with Gasteiger partial charge in [0.25, 0.3) is 5.89 Å². The Morgan fingerprint density at radius 2 is 2.23 bits per heavy atom. The van der Waals surface area contributed by atoms with E-state index in [-0.39, 0.29) is 18.4 Å². The number of likely N-dealkylation sites (N-methyl/N-ethyl adjacent to an activating group) is 1. The third-order valence-corrected chi connectivity index (χ3v) is 4.20. The Morgan fingerprint density at radius 3 is 3.04 bits per heavy atom. The van der Waals surface area contributed by atoms with Gasteiger partial charge in [0.15, 0.2) is 5.82 Å². The molecule has 1 atom stereocenters. The number of piperazine rings is 1. The highest BCUT2D eigenvalue weighted by molar-refractivity contribution is 5.85. The van der Waals surface area contributed by atoms with Gasteiger partial charge in [-0.25, -0.2) is 4.98 Å². The SMILES string of the molecule is CN1CCNCC1c1noc(-c2cccc(Nc3cnccn3)c2)n1.Cl. The summed E-state index contributed by atoms with van der Waals surface area (Å²) in [6, 6.07) is 7.92. The lowest BCUT2D eigenvalue weighted by Gasteiger charge is -2.30. The number of aromatic nitrogens is 4. The third kappa shape index (κ3) is 3.98. The van der Waals surface area contributed by atoms with E-state index in [2.05, 4.69) is 42.7 Å². The first-order valence-corrected chi connectivity index (χ1v) is 8.17. The van der Waals surface area contributed by atoms with Crippen molar-refractivity contribution in [3.8, 4) is 11.5 Å². The second-order valence-electron chi connectivity index (χ2n) is 5.95. The van der Waals surface area contributed by atoms with Crippen LogP contribution in [-0.2, 0) is 0 Å². The Hall–Kier alpha value is -2.55. The summed E-state index contributed by atoms with van der Waals surface area (Å²) in [7, 11) is 2.08. The highest BCUT2D eigenvalue weighted by atomic mass is 35.5. The van der Waals surface area contributed by atoms with Crippen LogP contribution in [0.3, 0.4) is 0 Å². The van der Waals surface area contributed by atoms with Crippen molar-refractivity contribution in [1.29, 1.82) is 0 Å². The van der Waals surface area contributed by atoms with Gasteiger partial charge in [-0.1, -0.05) is 11.2 Å². The molecule has 2 N–H and O–H groups in total. The lowest BCUT2D eigenvalue weighted by atomic mass is 10.2. The van der Waals surface area contributed by atoms with Gasteiger partial charge in [-0.3, -0.25) is 9.88 Å². The predicted molar refractivity (Wildman–Crippen MR) is 101 cm³/mol. The summed E-state index contributed by atoms with van der Waals surface area (Å²) in [5.74, 6) is 1.90. The molecule has 2 aromatic heterocycles. The number of halogens is 1. The van der Waals surface area contributed by atoms with Crippen molar-refractivity contribution in [1.82, 2.24) is 30.3 Å². The molecular weight excluding hydrogens is 354 g/mol. The van der Waals surface area contributed by atoms with Crippen molar-refractivity contribution in [3.05, 3.63) is 48.7 Å². The van der Waals surface area contributed by atoms with Crippen molar-refractivity contribution in [2.45, 2.75) is 6.04 Å². The predicted octanol–water partition coefficient (Wildman–Crippen LogP) is 2.27. The second-order valence-corrected chi connectivity index (χ2v) is 5.95. The molecule has 0 bridgehead atoms. The van der Waals surface area contributed by atoms with E-state index in [4.69, 9.17) is 4.52 Å². The number of hydrogen-bond donors (Lipinski definition) is 2. The highest BCUT2D eigenvalue weighted by Crippen LogP contribution is 2.25. The molecule has 3 heterocycles. The standard InChI is InChI=1S/C17H19N7O.ClH/c1-24-8-7-19-10-14(24)16-22-17(25-23-16)12-3-2-4-13(9-12)21-15-11-18-5-6-20-15;/h2-6,9,11,14,19H,7-8,10H2,1H3,(H,20,21);1H. The molecule has 1 aliphatic heterocycles. The Morgan fingerprint density at radius 1 is 1.31 bits per heavy atom. The molecule has 1 saturated heterocycles. The molecule has 1 fully saturated rings. The van der Waals surface area contributed by atoms with Gasteiger partial charge in [0, 0.05) is 43.3 Å². The minimum absolute atomic E-state index is 0. The zero-order valence-corrected chi connectivity index (χ0v) is 15.1. The average Bonchev–Trinajstić information content (AvgIpc) is 3.13. The maximum absolute atomic E-state index is 5.49. The van der Waals surface area contributed by atoms with Crippen LogP contribution >= 0.6 is 12.4 Å². The van der Waals surface area contributed by atoms with Gasteiger partial charge in [0.1, 0.15) is 5.82 Å². The topological polar surface area (TPSA) is 92.0 Å². The van der Waals surface area contributed by atoms with E-state index in [1.165, 1.54) is 0 Å². The minimum Gasteiger partial charge on any atom is -0.339 e. The van der Waals surface area contributed by atoms with Gasteiger partial charge < -0.3 is 15.2 Å². The first-order chi connectivity index (χ1) is 12.3. The summed E-state index contributed by atoms with van der Waals surface area (Å²) in [6.07, 6.45) is 4.95. The summed E-state index contributed by atoms with van der Waals surface area (Å²) < 4.78 is 5.49. The van der Waals surface area contributed by atoms with Crippen LogP contribution in [0.1, 0.15) is 11.9 Å². The molecule has 0 radical (unpaired) electrons. The van der Waals surface area contributed by atoms with E-state index >= 15 is 0 Å². The molecule has 136 valence electrons. The Labute approximate surface area is 157 Å². The number of nitrogens with one attached hydrogen (secondary N) is 2. The van der Waals surface area contributed by atoms with Gasteiger partial charge in [0.2, 0.25) is 0 Å². The first kappa shape index (κ1) is 18.2. The minimum atomic E-state index is 0. The van der Waals surface area contributed by atoms with Gasteiger partial charge in [-0.05, 0) is 25.2 Å². The number of benzene rings is 1. The Bertz CT molecular complexity index is 842. The number of hydrogen-bond acceptors (Lipinski definition) is 8. The van der Waals surface area contributed by atoms with Crippen LogP contribution in [0.15, 0.2) is 47.4 Å². The molecule has 8 nitrogen and oxygen atoms in total. The van der Waals surface area contributed by atoms with E-state index in [9.17, 15) is 0 Å². The van der Waals surface area contributed by atoms with E-state index in [1.54, 1.807) is 18.6 Å². The zero-order valence-electron chi connectivity index (χ0n) is 14.3. The largest absolute Gasteiger partial charge is 0.339 e. The van der Waals surface area contributed by atoms with Gasteiger partial charge in [0.05, 0.1) is 12.2 Å². The van der Waals surface area contributed by atoms with Crippen molar-refractivity contribution < 1.29 is 4.52 Å². The summed E-state index contributed by atoms with van der Waals surface area (Å²) >= 11 is 0. The maximum atomic E-state index is 5.49. The van der Waals surface area contributed by atoms with E-state index < -0.39 is 0 Å². The first-order valence-electron chi connectivity index (χ1n) is 8.17. The molecule has 0 spiro atoms. The lowest BCUT2D eigenvalue weighted by molar-refractivity contribution is 0.190. The zero-order chi connectivity index (χ0) is 17.1. The fourth-order valence-electron chi connectivity index (χ4n) is 2.82. The molecule has 1 aliphatic rings. The number of rotatable bonds is 4. The van der Waals surface area contributed by atoms with Crippen LogP contribution in [0.5, 0.6) is 0 Å². The molecule has 4 rings (SSSR count). The quantitative estimate of drug-likeness (QED) is 0.719. The van der Waals surface area contributed by atoms with Crippen LogP contribution in [0, 0.1) is 0 Å². The van der Waals surface area contributed by atoms with Crippen LogP contribution in [-0.4, -0.2) is 51.7 Å². The molecule has 3 aromatic rings. The van der Waals surface area contributed by atoms with E-state index in [1.807, 2.05) is 24.3 Å². The molecule has 1 aromatic carbocycles. The summed E-state index contributed by atoms with van der Waals surface area (Å²) in [5, 5.41) is 10.7. The fourth-order valence-corrected chi connectivity index (χ4v) is 2.82. The molecule has 0 saturated carbocycles. The Balaban J connectivity index is 0.00000196. The molecule has 9 heteroatoms. The van der Waals surface area contributed by atoms with Crippen LogP contribution in [0.4, 0.5) is 11.5 Å². The summed E-state index contributed by atoms with van der Waals surface area (Å²) in [6.45, 7) is 2.77. The van der Waals surface area contributed by atoms with Crippen molar-refractivity contribution in [2.24, 2.45) is 0 Å². The molecule has 0 aliphatic carbocycles. The molecule has 1 unspecified atom stereocenters. The van der Waals surface area contributed by atoms with Crippen molar-refractivity contribution in [3.63, 3.8) is 0 Å². The monoisotopic (exact) mass is 373 g/mol. The van der Waals surface area contributed by atoms with Crippen molar-refractivity contribution >= 4 is 23.9 Å². The van der Waals surface area contributed by atoms with E-state index in [0.29, 0.717) is 17.5 Å². The van der Waals surface area contributed by atoms with Crippen molar-refractivity contribution in [2.75, 3.05) is 32.0 Å². The molecular formula is C17H20ClN7O. The van der Waals surface area contributed by atoms with Gasteiger partial charge >= 0.3 is 0 Å². The fraction of sp³-hybridized carbons (Fsp3) is 0.294. The molecule has 26 heavy (non-hydrogen) atoms. The van der Waals surface area contributed by atoms with E-state index in [0.717, 1.165) is 30.9 Å². The summed E-state index contributed by atoms with van der Waals surface area (Å²) in [4.78, 5) is 15.1. The average molecular weight is 374 g/mol. The summed E-state index contributed by atoms with van der Waals surface area (Å²) in [5.41, 5.74) is 1.74. The van der Waals surface area contributed by atoms with Crippen LogP contribution in [0.2, 0.25) is 0 Å². The van der Waals surface area contributed by atoms with Crippen LogP contribution in [0.25, 0.3) is 11.5 Å². The highest BCUT2D eigenvalue weighted by Gasteiger charge is 2.25. The van der Waals surface area contributed by atoms with Crippen LogP contribution < -0.4 is 10.6 Å². The normalized spacial score (nSPS) is 17.5. The van der Waals surface area contributed by atoms with Gasteiger partial charge in [-0.2, -0.15) is 4.98 Å². The lowest BCUT2D eigenvalue weighted by Crippen LogP contribution is -2.44. The third-order valence-electron chi connectivity index (χ3n) is 4.20. The van der Waals surface area contributed by atoms with Gasteiger partial charge in [-0.15, -0.1) is 12.4 Å². The number of nitrogens with zero attached hydrogens (tertiary/aromatic N) is 5.